The van der Waals surface area contributed by atoms with Gasteiger partial charge in [-0.2, -0.15) is 0 Å². The molecule has 0 atom stereocenters. The highest BCUT2D eigenvalue weighted by Gasteiger charge is 2.25. The second-order valence-electron chi connectivity index (χ2n) is 6.50. The number of benzene rings is 2. The van der Waals surface area contributed by atoms with E-state index in [0.717, 1.165) is 37.7 Å². The van der Waals surface area contributed by atoms with E-state index in [1.54, 1.807) is 12.1 Å². The van der Waals surface area contributed by atoms with E-state index >= 15 is 0 Å². The van der Waals surface area contributed by atoms with Crippen molar-refractivity contribution < 1.29 is 19.0 Å². The van der Waals surface area contributed by atoms with Crippen LogP contribution in [0.25, 0.3) is 0 Å². The summed E-state index contributed by atoms with van der Waals surface area (Å²) >= 11 is 6.23. The highest BCUT2D eigenvalue weighted by atomic mass is 35.5. The van der Waals surface area contributed by atoms with Crippen molar-refractivity contribution in [3.8, 4) is 0 Å². The number of rotatable bonds is 5. The maximum Gasteiger partial charge on any atom is 0.279 e. The fourth-order valence-corrected chi connectivity index (χ4v) is 3.39. The van der Waals surface area contributed by atoms with Crippen LogP contribution in [0.4, 0.5) is 10.1 Å². The molecular weight excluding hydrogens is 341 g/mol. The SMILES string of the molecule is O=C(C[NH+]1CC[NH+](Cc2ccccc2Cl)CC1)Nc1ccc(F)cc1. The van der Waals surface area contributed by atoms with E-state index < -0.39 is 0 Å². The number of hydrogen-bond donors (Lipinski definition) is 3. The van der Waals surface area contributed by atoms with Gasteiger partial charge in [-0.3, -0.25) is 4.79 Å². The third-order valence-corrected chi connectivity index (χ3v) is 4.97. The second-order valence-corrected chi connectivity index (χ2v) is 6.91. The molecule has 25 heavy (non-hydrogen) atoms. The Kier molecular flexibility index (Phi) is 6.02. The Morgan fingerprint density at radius 2 is 1.64 bits per heavy atom. The minimum Gasteiger partial charge on any atom is -0.322 e. The van der Waals surface area contributed by atoms with Crippen LogP contribution < -0.4 is 15.1 Å². The Balaban J connectivity index is 1.43. The first kappa shape index (κ1) is 17.9. The van der Waals surface area contributed by atoms with Gasteiger partial charge in [-0.05, 0) is 30.3 Å². The molecule has 0 bridgehead atoms. The monoisotopic (exact) mass is 363 g/mol. The summed E-state index contributed by atoms with van der Waals surface area (Å²) < 4.78 is 12.9. The lowest BCUT2D eigenvalue weighted by molar-refractivity contribution is -1.02. The molecular formula is C19H23ClFN3O+2. The maximum absolute atomic E-state index is 12.9. The van der Waals surface area contributed by atoms with Gasteiger partial charge < -0.3 is 15.1 Å². The fourth-order valence-electron chi connectivity index (χ4n) is 3.19. The summed E-state index contributed by atoms with van der Waals surface area (Å²) in [6, 6.07) is 13.8. The summed E-state index contributed by atoms with van der Waals surface area (Å²) in [6.07, 6.45) is 0. The maximum atomic E-state index is 12.9. The molecule has 2 aromatic rings. The zero-order chi connectivity index (χ0) is 17.6. The van der Waals surface area contributed by atoms with Crippen molar-refractivity contribution in [3.05, 3.63) is 64.9 Å². The van der Waals surface area contributed by atoms with Crippen LogP contribution in [-0.2, 0) is 11.3 Å². The van der Waals surface area contributed by atoms with E-state index in [1.807, 2.05) is 18.2 Å². The molecule has 3 N–H and O–H groups in total. The van der Waals surface area contributed by atoms with E-state index in [9.17, 15) is 9.18 Å². The highest BCUT2D eigenvalue weighted by molar-refractivity contribution is 6.31. The summed E-state index contributed by atoms with van der Waals surface area (Å²) in [5, 5.41) is 3.65. The van der Waals surface area contributed by atoms with Gasteiger partial charge in [0.1, 0.15) is 38.5 Å². The molecule has 1 saturated heterocycles. The van der Waals surface area contributed by atoms with Crippen LogP contribution in [0.3, 0.4) is 0 Å². The van der Waals surface area contributed by atoms with Crippen LogP contribution in [0.5, 0.6) is 0 Å². The number of nitrogens with one attached hydrogen (secondary N) is 3. The van der Waals surface area contributed by atoms with Crippen LogP contribution in [-0.4, -0.2) is 38.6 Å². The number of halogens is 2. The standard InChI is InChI=1S/C19H21ClFN3O/c20-18-4-2-1-3-15(18)13-23-9-11-24(12-10-23)14-19(25)22-17-7-5-16(21)6-8-17/h1-8H,9-14H2,(H,22,25)/p+2. The molecule has 1 heterocycles. The number of quaternary nitrogens is 2. The molecule has 3 rings (SSSR count). The van der Waals surface area contributed by atoms with E-state index in [2.05, 4.69) is 11.4 Å². The average Bonchev–Trinajstić information content (AvgIpc) is 2.61. The largest absolute Gasteiger partial charge is 0.322 e. The second kappa shape index (κ2) is 8.43. The minimum atomic E-state index is -0.304. The summed E-state index contributed by atoms with van der Waals surface area (Å²) in [5.74, 6) is -0.336. The molecule has 132 valence electrons. The molecule has 1 aliphatic rings. The van der Waals surface area contributed by atoms with Gasteiger partial charge in [0, 0.05) is 16.3 Å². The number of carbonyl (C=O) groups is 1. The van der Waals surface area contributed by atoms with Crippen LogP contribution in [0.1, 0.15) is 5.56 Å². The highest BCUT2D eigenvalue weighted by Crippen LogP contribution is 2.13. The fraction of sp³-hybridized carbons (Fsp3) is 0.316. The van der Waals surface area contributed by atoms with Crippen molar-refractivity contribution in [3.63, 3.8) is 0 Å². The molecule has 0 unspecified atom stereocenters. The number of anilines is 1. The Labute approximate surface area is 152 Å². The Hall–Kier alpha value is -1.95. The summed E-state index contributed by atoms with van der Waals surface area (Å²) in [6.45, 7) is 5.31. The third kappa shape index (κ3) is 5.26. The Bertz CT molecular complexity index is 715. The van der Waals surface area contributed by atoms with Crippen molar-refractivity contribution in [1.82, 2.24) is 0 Å². The van der Waals surface area contributed by atoms with Gasteiger partial charge in [0.15, 0.2) is 6.54 Å². The van der Waals surface area contributed by atoms with Gasteiger partial charge in [0.25, 0.3) is 5.91 Å². The van der Waals surface area contributed by atoms with Gasteiger partial charge in [0.2, 0.25) is 0 Å². The van der Waals surface area contributed by atoms with Crippen molar-refractivity contribution >= 4 is 23.2 Å². The normalized spacial score (nSPS) is 20.2. The van der Waals surface area contributed by atoms with Crippen LogP contribution in [0.15, 0.2) is 48.5 Å². The van der Waals surface area contributed by atoms with Crippen molar-refractivity contribution in [1.29, 1.82) is 0 Å². The topological polar surface area (TPSA) is 38.0 Å². The van der Waals surface area contributed by atoms with Crippen molar-refractivity contribution in [2.45, 2.75) is 6.54 Å². The predicted octanol–water partition coefficient (Wildman–Crippen LogP) is 0.401. The van der Waals surface area contributed by atoms with Gasteiger partial charge in [-0.1, -0.05) is 29.8 Å². The molecule has 0 aliphatic carbocycles. The Morgan fingerprint density at radius 3 is 2.32 bits per heavy atom. The molecule has 2 aromatic carbocycles. The molecule has 4 nitrogen and oxygen atoms in total. The Morgan fingerprint density at radius 1 is 1.00 bits per heavy atom. The molecule has 6 heteroatoms. The summed E-state index contributed by atoms with van der Waals surface area (Å²) in [7, 11) is 0. The van der Waals surface area contributed by atoms with Crippen molar-refractivity contribution in [2.24, 2.45) is 0 Å². The van der Waals surface area contributed by atoms with E-state index in [4.69, 9.17) is 11.6 Å². The first-order chi connectivity index (χ1) is 12.1. The van der Waals surface area contributed by atoms with Crippen molar-refractivity contribution in [2.75, 3.05) is 38.0 Å². The third-order valence-electron chi connectivity index (χ3n) is 4.60. The first-order valence-corrected chi connectivity index (χ1v) is 8.94. The number of amides is 1. The smallest absolute Gasteiger partial charge is 0.279 e. The van der Waals surface area contributed by atoms with Gasteiger partial charge in [0.05, 0.1) is 0 Å². The zero-order valence-corrected chi connectivity index (χ0v) is 14.8. The lowest BCUT2D eigenvalue weighted by Crippen LogP contribution is -3.28. The van der Waals surface area contributed by atoms with E-state index in [1.165, 1.54) is 27.5 Å². The number of piperazine rings is 1. The van der Waals surface area contributed by atoms with Gasteiger partial charge in [-0.25, -0.2) is 4.39 Å². The van der Waals surface area contributed by atoms with Crippen LogP contribution >= 0.6 is 11.6 Å². The lowest BCUT2D eigenvalue weighted by Gasteiger charge is -2.29. The molecule has 0 radical (unpaired) electrons. The van der Waals surface area contributed by atoms with Gasteiger partial charge in [-0.15, -0.1) is 0 Å². The molecule has 1 fully saturated rings. The molecule has 1 amide bonds. The van der Waals surface area contributed by atoms with Gasteiger partial charge >= 0.3 is 0 Å². The number of carbonyl (C=O) groups excluding carboxylic acids is 1. The van der Waals surface area contributed by atoms with E-state index in [0.29, 0.717) is 12.2 Å². The molecule has 0 spiro atoms. The molecule has 0 aromatic heterocycles. The zero-order valence-electron chi connectivity index (χ0n) is 14.0. The molecule has 1 aliphatic heterocycles. The quantitative estimate of drug-likeness (QED) is 0.707. The first-order valence-electron chi connectivity index (χ1n) is 8.56. The summed E-state index contributed by atoms with van der Waals surface area (Å²) in [4.78, 5) is 14.9. The van der Waals surface area contributed by atoms with Crippen LogP contribution in [0, 0.1) is 5.82 Å². The average molecular weight is 364 g/mol. The molecule has 0 saturated carbocycles. The summed E-state index contributed by atoms with van der Waals surface area (Å²) in [5.41, 5.74) is 1.81. The number of hydrogen-bond acceptors (Lipinski definition) is 1. The van der Waals surface area contributed by atoms with E-state index in [-0.39, 0.29) is 11.7 Å². The predicted molar refractivity (Wildman–Crippen MR) is 96.4 cm³/mol. The van der Waals surface area contributed by atoms with Crippen LogP contribution in [0.2, 0.25) is 5.02 Å². The minimum absolute atomic E-state index is 0.0313. The lowest BCUT2D eigenvalue weighted by atomic mass is 10.2.